The van der Waals surface area contributed by atoms with Gasteiger partial charge in [0.2, 0.25) is 0 Å². The van der Waals surface area contributed by atoms with Gasteiger partial charge in [0.05, 0.1) is 6.54 Å². The number of imide groups is 1. The molecule has 7 nitrogen and oxygen atoms in total. The standard InChI is InChI=1S/C11H13N3O4S/c1-6(7(2)10(16)17)9(15)14-11(18)13-5-8-12-3-4-19-8/h3-4H,5H2,1-2H3,(H,16,17)(H2,13,14,15,18). The van der Waals surface area contributed by atoms with E-state index in [-0.39, 0.29) is 17.7 Å². The second kappa shape index (κ2) is 6.64. The van der Waals surface area contributed by atoms with Crippen molar-refractivity contribution in [1.82, 2.24) is 15.6 Å². The van der Waals surface area contributed by atoms with Crippen LogP contribution in [0.1, 0.15) is 18.9 Å². The van der Waals surface area contributed by atoms with Gasteiger partial charge in [0.15, 0.2) is 0 Å². The smallest absolute Gasteiger partial charge is 0.331 e. The van der Waals surface area contributed by atoms with Crippen molar-refractivity contribution >= 4 is 29.2 Å². The number of urea groups is 1. The Bertz CT molecular complexity index is 522. The van der Waals surface area contributed by atoms with Crippen LogP contribution in [0, 0.1) is 0 Å². The molecule has 0 saturated heterocycles. The lowest BCUT2D eigenvalue weighted by atomic mass is 10.1. The molecule has 0 bridgehead atoms. The van der Waals surface area contributed by atoms with E-state index in [9.17, 15) is 14.4 Å². The number of rotatable bonds is 4. The molecule has 0 spiro atoms. The summed E-state index contributed by atoms with van der Waals surface area (Å²) in [7, 11) is 0. The molecule has 1 aromatic rings. The number of carboxylic acids is 1. The van der Waals surface area contributed by atoms with Crippen LogP contribution < -0.4 is 10.6 Å². The van der Waals surface area contributed by atoms with Crippen molar-refractivity contribution in [3.05, 3.63) is 27.7 Å². The van der Waals surface area contributed by atoms with E-state index in [0.717, 1.165) is 0 Å². The molecule has 8 heteroatoms. The molecule has 0 aromatic carbocycles. The molecule has 102 valence electrons. The Morgan fingerprint density at radius 3 is 2.53 bits per heavy atom. The third-order valence-electron chi connectivity index (χ3n) is 2.33. The van der Waals surface area contributed by atoms with E-state index in [1.165, 1.54) is 25.2 Å². The molecule has 0 saturated carbocycles. The van der Waals surface area contributed by atoms with Gasteiger partial charge in [-0.15, -0.1) is 11.3 Å². The van der Waals surface area contributed by atoms with Crippen molar-refractivity contribution < 1.29 is 19.5 Å². The number of aliphatic carboxylic acids is 1. The molecule has 0 atom stereocenters. The maximum absolute atomic E-state index is 11.6. The van der Waals surface area contributed by atoms with Crippen LogP contribution in [0.2, 0.25) is 0 Å². The molecule has 0 aliphatic rings. The highest BCUT2D eigenvalue weighted by molar-refractivity contribution is 7.09. The molecule has 0 unspecified atom stereocenters. The molecule has 1 heterocycles. The van der Waals surface area contributed by atoms with Gasteiger partial charge in [-0.05, 0) is 13.8 Å². The summed E-state index contributed by atoms with van der Waals surface area (Å²) >= 11 is 1.37. The van der Waals surface area contributed by atoms with E-state index in [4.69, 9.17) is 5.11 Å². The highest BCUT2D eigenvalue weighted by Crippen LogP contribution is 2.04. The summed E-state index contributed by atoms with van der Waals surface area (Å²) < 4.78 is 0. The monoisotopic (exact) mass is 283 g/mol. The average molecular weight is 283 g/mol. The SMILES string of the molecule is CC(C(=O)O)=C(C)C(=O)NC(=O)NCc1nccs1. The summed E-state index contributed by atoms with van der Waals surface area (Å²) in [6.45, 7) is 2.84. The number of hydrogen-bond donors (Lipinski definition) is 3. The van der Waals surface area contributed by atoms with E-state index in [2.05, 4.69) is 10.3 Å². The highest BCUT2D eigenvalue weighted by Gasteiger charge is 2.15. The zero-order chi connectivity index (χ0) is 14.4. The summed E-state index contributed by atoms with van der Waals surface area (Å²) in [5, 5.41) is 15.7. The van der Waals surface area contributed by atoms with Gasteiger partial charge < -0.3 is 10.4 Å². The third kappa shape index (κ3) is 4.51. The van der Waals surface area contributed by atoms with Crippen molar-refractivity contribution in [2.75, 3.05) is 0 Å². The fourth-order valence-corrected chi connectivity index (χ4v) is 1.62. The summed E-state index contributed by atoms with van der Waals surface area (Å²) in [4.78, 5) is 37.6. The van der Waals surface area contributed by atoms with Gasteiger partial charge in [0.25, 0.3) is 5.91 Å². The molecule has 0 radical (unpaired) electrons. The van der Waals surface area contributed by atoms with Gasteiger partial charge in [-0.25, -0.2) is 14.6 Å². The largest absolute Gasteiger partial charge is 0.478 e. The van der Waals surface area contributed by atoms with Crippen LogP contribution in [0.3, 0.4) is 0 Å². The number of carbonyl (C=O) groups excluding carboxylic acids is 2. The maximum atomic E-state index is 11.6. The zero-order valence-corrected chi connectivity index (χ0v) is 11.2. The van der Waals surface area contributed by atoms with Crippen LogP contribution in [0.15, 0.2) is 22.7 Å². The second-order valence-corrected chi connectivity index (χ2v) is 4.60. The van der Waals surface area contributed by atoms with Crippen molar-refractivity contribution in [2.45, 2.75) is 20.4 Å². The van der Waals surface area contributed by atoms with E-state index >= 15 is 0 Å². The van der Waals surface area contributed by atoms with Gasteiger partial charge in [-0.3, -0.25) is 10.1 Å². The summed E-state index contributed by atoms with van der Waals surface area (Å²) in [5.41, 5.74) is -0.123. The average Bonchev–Trinajstić information content (AvgIpc) is 2.87. The summed E-state index contributed by atoms with van der Waals surface area (Å²) in [6.07, 6.45) is 1.61. The Kier molecular flexibility index (Phi) is 5.19. The van der Waals surface area contributed by atoms with Crippen molar-refractivity contribution in [3.8, 4) is 0 Å². The maximum Gasteiger partial charge on any atom is 0.331 e. The Morgan fingerprint density at radius 2 is 2.00 bits per heavy atom. The lowest BCUT2D eigenvalue weighted by Gasteiger charge is -2.06. The topological polar surface area (TPSA) is 108 Å². The predicted octanol–water partition coefficient (Wildman–Crippen LogP) is 0.890. The lowest BCUT2D eigenvalue weighted by Crippen LogP contribution is -2.39. The third-order valence-corrected chi connectivity index (χ3v) is 3.11. The fraction of sp³-hybridized carbons (Fsp3) is 0.273. The summed E-state index contributed by atoms with van der Waals surface area (Å²) in [5.74, 6) is -1.94. The van der Waals surface area contributed by atoms with Crippen molar-refractivity contribution in [2.24, 2.45) is 0 Å². The molecular formula is C11H13N3O4S. The van der Waals surface area contributed by atoms with Gasteiger partial charge in [0, 0.05) is 22.7 Å². The first-order valence-corrected chi connectivity index (χ1v) is 6.18. The first kappa shape index (κ1) is 14.8. The molecule has 1 aromatic heterocycles. The van der Waals surface area contributed by atoms with Crippen LogP contribution in [0.5, 0.6) is 0 Å². The highest BCUT2D eigenvalue weighted by atomic mass is 32.1. The zero-order valence-electron chi connectivity index (χ0n) is 10.4. The Labute approximate surface area is 113 Å². The van der Waals surface area contributed by atoms with Crippen LogP contribution in [-0.2, 0) is 16.1 Å². The lowest BCUT2D eigenvalue weighted by molar-refractivity contribution is -0.133. The number of aromatic nitrogens is 1. The summed E-state index contributed by atoms with van der Waals surface area (Å²) in [6, 6.07) is -0.697. The molecule has 0 fully saturated rings. The molecule has 3 amide bonds. The van der Waals surface area contributed by atoms with Gasteiger partial charge in [0.1, 0.15) is 5.01 Å². The fourth-order valence-electron chi connectivity index (χ4n) is 1.07. The van der Waals surface area contributed by atoms with Gasteiger partial charge >= 0.3 is 12.0 Å². The molecular weight excluding hydrogens is 270 g/mol. The van der Waals surface area contributed by atoms with Crippen molar-refractivity contribution in [3.63, 3.8) is 0 Å². The van der Waals surface area contributed by atoms with Crippen LogP contribution in [-0.4, -0.2) is 28.0 Å². The molecule has 3 N–H and O–H groups in total. The second-order valence-electron chi connectivity index (χ2n) is 3.62. The van der Waals surface area contributed by atoms with E-state index in [1.807, 2.05) is 5.32 Å². The molecule has 0 aliphatic heterocycles. The predicted molar refractivity (Wildman–Crippen MR) is 68.5 cm³/mol. The minimum absolute atomic E-state index is 0.0168. The molecule has 1 rings (SSSR count). The number of amides is 3. The number of nitrogens with zero attached hydrogens (tertiary/aromatic N) is 1. The van der Waals surface area contributed by atoms with Crippen LogP contribution in [0.4, 0.5) is 4.79 Å². The number of nitrogens with one attached hydrogen (secondary N) is 2. The minimum atomic E-state index is -1.20. The number of carbonyl (C=O) groups is 3. The number of carboxylic acid groups (broad SMARTS) is 1. The van der Waals surface area contributed by atoms with E-state index in [0.29, 0.717) is 5.01 Å². The normalized spacial score (nSPS) is 11.5. The number of thiazole rings is 1. The van der Waals surface area contributed by atoms with Crippen molar-refractivity contribution in [1.29, 1.82) is 0 Å². The van der Waals surface area contributed by atoms with Crippen LogP contribution >= 0.6 is 11.3 Å². The van der Waals surface area contributed by atoms with Crippen LogP contribution in [0.25, 0.3) is 0 Å². The van der Waals surface area contributed by atoms with Gasteiger partial charge in [-0.2, -0.15) is 0 Å². The van der Waals surface area contributed by atoms with E-state index < -0.39 is 17.9 Å². The first-order valence-electron chi connectivity index (χ1n) is 5.30. The Balaban J connectivity index is 2.50. The van der Waals surface area contributed by atoms with E-state index in [1.54, 1.807) is 11.6 Å². The minimum Gasteiger partial charge on any atom is -0.478 e. The Morgan fingerprint density at radius 1 is 1.32 bits per heavy atom. The quantitative estimate of drug-likeness (QED) is 0.711. The Hall–Kier alpha value is -2.22. The number of hydrogen-bond acceptors (Lipinski definition) is 5. The van der Waals surface area contributed by atoms with Gasteiger partial charge in [-0.1, -0.05) is 0 Å². The molecule has 19 heavy (non-hydrogen) atoms. The first-order chi connectivity index (χ1) is 8.91. The molecule has 0 aliphatic carbocycles.